The molecule has 0 bridgehead atoms. The van der Waals surface area contributed by atoms with Crippen LogP contribution in [0.5, 0.6) is 5.75 Å². The number of thioether (sulfide) groups is 1. The molecule has 0 unspecified atom stereocenters. The minimum atomic E-state index is -3.79. The molecule has 2 aromatic carbocycles. The van der Waals surface area contributed by atoms with Crippen molar-refractivity contribution < 1.29 is 32.6 Å². The summed E-state index contributed by atoms with van der Waals surface area (Å²) in [6.45, 7) is 2.88. The zero-order valence-corrected chi connectivity index (χ0v) is 26.1. The highest BCUT2D eigenvalue weighted by Gasteiger charge is 2.42. The molecule has 230 valence electrons. The molecule has 3 N–H and O–H groups in total. The Morgan fingerprint density at radius 3 is 2.26 bits per heavy atom. The first-order valence-electron chi connectivity index (χ1n) is 14.1. The summed E-state index contributed by atoms with van der Waals surface area (Å²) in [7, 11) is -3.79. The van der Waals surface area contributed by atoms with E-state index in [-0.39, 0.29) is 16.4 Å². The van der Waals surface area contributed by atoms with Gasteiger partial charge >= 0.3 is 5.97 Å². The summed E-state index contributed by atoms with van der Waals surface area (Å²) in [5, 5.41) is 9.14. The molecule has 2 aromatic rings. The van der Waals surface area contributed by atoms with Gasteiger partial charge < -0.3 is 25.4 Å². The van der Waals surface area contributed by atoms with Gasteiger partial charge in [-0.2, -0.15) is 0 Å². The van der Waals surface area contributed by atoms with Gasteiger partial charge in [0.15, 0.2) is 16.4 Å². The summed E-state index contributed by atoms with van der Waals surface area (Å²) in [5.41, 5.74) is 6.17. The first-order valence-corrected chi connectivity index (χ1v) is 17.0. The lowest BCUT2D eigenvalue weighted by atomic mass is 9.79. The van der Waals surface area contributed by atoms with Crippen molar-refractivity contribution in [3.63, 3.8) is 0 Å². The molecule has 1 aliphatic heterocycles. The summed E-state index contributed by atoms with van der Waals surface area (Å²) in [6, 6.07) is 13.0. The normalized spacial score (nSPS) is 15.4. The second-order valence-corrected chi connectivity index (χ2v) is 13.6. The van der Waals surface area contributed by atoms with Gasteiger partial charge in [-0.15, -0.1) is 11.8 Å². The molecule has 10 nitrogen and oxygen atoms in total. The Morgan fingerprint density at radius 2 is 1.71 bits per heavy atom. The molecular formula is C30H41N3O7S2. The number of aliphatic carboxylic acids is 1. The number of hydrogen-bond acceptors (Lipinski definition) is 8. The molecule has 0 atom stereocenters. The number of carbonyl (C=O) groups is 3. The van der Waals surface area contributed by atoms with E-state index in [1.165, 1.54) is 17.8 Å². The zero-order valence-electron chi connectivity index (χ0n) is 24.5. The maximum atomic E-state index is 14.2. The fourth-order valence-electron chi connectivity index (χ4n) is 5.39. The third-order valence-electron chi connectivity index (χ3n) is 7.43. The summed E-state index contributed by atoms with van der Waals surface area (Å²) in [6.07, 6.45) is 7.16. The van der Waals surface area contributed by atoms with Gasteiger partial charge in [-0.3, -0.25) is 14.4 Å². The smallest absolute Gasteiger partial charge is 0.323 e. The van der Waals surface area contributed by atoms with Crippen LogP contribution in [0.15, 0.2) is 52.3 Å². The number of nitrogens with two attached hydrogens (primary N) is 1. The minimum absolute atomic E-state index is 0.00167. The summed E-state index contributed by atoms with van der Waals surface area (Å²) < 4.78 is 34.2. The number of hydrogen-bond donors (Lipinski definition) is 2. The monoisotopic (exact) mass is 619 g/mol. The lowest BCUT2D eigenvalue weighted by molar-refractivity contribution is -0.146. The number of amides is 2. The topological polar surface area (TPSA) is 147 Å². The second-order valence-electron chi connectivity index (χ2n) is 10.8. The van der Waals surface area contributed by atoms with E-state index >= 15 is 0 Å². The molecule has 12 heteroatoms. The van der Waals surface area contributed by atoms with E-state index in [4.69, 9.17) is 15.6 Å². The average molecular weight is 620 g/mol. The van der Waals surface area contributed by atoms with Gasteiger partial charge in [-0.25, -0.2) is 8.42 Å². The number of anilines is 2. The zero-order chi connectivity index (χ0) is 30.9. The third kappa shape index (κ3) is 8.41. The Hall–Kier alpha value is -3.25. The Morgan fingerprint density at radius 1 is 1.07 bits per heavy atom. The molecule has 1 aliphatic rings. The number of nitrogens with zero attached hydrogens (tertiary/aromatic N) is 2. The molecule has 0 fully saturated rings. The number of rotatable bonds is 15. The van der Waals surface area contributed by atoms with Crippen molar-refractivity contribution in [1.29, 1.82) is 0 Å². The van der Waals surface area contributed by atoms with E-state index in [1.54, 1.807) is 6.07 Å². The molecule has 0 spiro atoms. The van der Waals surface area contributed by atoms with Gasteiger partial charge in [-0.05, 0) is 37.3 Å². The lowest BCUT2D eigenvalue weighted by Gasteiger charge is -2.37. The van der Waals surface area contributed by atoms with Crippen LogP contribution in [0.25, 0.3) is 0 Å². The van der Waals surface area contributed by atoms with Gasteiger partial charge in [0.1, 0.15) is 18.8 Å². The average Bonchev–Trinajstić information content (AvgIpc) is 3.04. The maximum Gasteiger partial charge on any atom is 0.323 e. The van der Waals surface area contributed by atoms with E-state index in [0.717, 1.165) is 49.1 Å². The van der Waals surface area contributed by atoms with Crippen molar-refractivity contribution in [2.75, 3.05) is 43.1 Å². The first kappa shape index (κ1) is 33.3. The highest BCUT2D eigenvalue weighted by molar-refractivity contribution is 7.98. The number of unbranched alkanes of at least 4 members (excludes halogenated alkanes) is 2. The SMILES string of the molecule is CCCCC1(CCCC)CN(c2ccccc2)c2cc(SC)c(OCC(=O)N(CC(N)=O)CC(=O)O)cc2S(=O)(=O)C1. The first-order chi connectivity index (χ1) is 19.9. The molecule has 42 heavy (non-hydrogen) atoms. The van der Waals surface area contributed by atoms with Crippen LogP contribution in [-0.2, 0) is 24.2 Å². The molecule has 0 saturated carbocycles. The Labute approximate surface area is 252 Å². The number of carbonyl (C=O) groups excluding carboxylic acids is 2. The minimum Gasteiger partial charge on any atom is -0.483 e. The van der Waals surface area contributed by atoms with Crippen molar-refractivity contribution in [3.8, 4) is 5.75 Å². The number of para-hydroxylation sites is 1. The number of benzene rings is 2. The molecule has 0 saturated heterocycles. The number of fused-ring (bicyclic) bond motifs is 1. The van der Waals surface area contributed by atoms with Crippen LogP contribution in [0.3, 0.4) is 0 Å². The number of primary amides is 1. The van der Waals surface area contributed by atoms with Crippen LogP contribution in [-0.4, -0.2) is 74.5 Å². The molecule has 0 aromatic heterocycles. The van der Waals surface area contributed by atoms with Crippen LogP contribution in [0.4, 0.5) is 11.4 Å². The maximum absolute atomic E-state index is 14.2. The predicted molar refractivity (Wildman–Crippen MR) is 164 cm³/mol. The summed E-state index contributed by atoms with van der Waals surface area (Å²) in [5.74, 6) is -2.74. The molecular weight excluding hydrogens is 578 g/mol. The van der Waals surface area contributed by atoms with Gasteiger partial charge in [0.05, 0.1) is 21.2 Å². The van der Waals surface area contributed by atoms with Gasteiger partial charge in [0, 0.05) is 23.7 Å². The highest BCUT2D eigenvalue weighted by Crippen LogP contribution is 2.47. The molecule has 0 radical (unpaired) electrons. The Bertz CT molecular complexity index is 1340. The quantitative estimate of drug-likeness (QED) is 0.275. The molecule has 3 rings (SSSR count). The van der Waals surface area contributed by atoms with Gasteiger partial charge in [-0.1, -0.05) is 57.7 Å². The molecule has 0 aliphatic carbocycles. The highest BCUT2D eigenvalue weighted by atomic mass is 32.2. The van der Waals surface area contributed by atoms with Crippen LogP contribution < -0.4 is 15.4 Å². The van der Waals surface area contributed by atoms with E-state index in [2.05, 4.69) is 18.7 Å². The lowest BCUT2D eigenvalue weighted by Crippen LogP contribution is -2.43. The van der Waals surface area contributed by atoms with E-state index in [0.29, 0.717) is 17.1 Å². The van der Waals surface area contributed by atoms with Crippen molar-refractivity contribution >= 4 is 50.8 Å². The standard InChI is InChI=1S/C30H41N3O7S2/c1-4-6-13-30(14-7-5-2)20-33(22-11-9-8-10-12-22)23-15-25(41-3)24(16-26(23)42(38,39)21-30)40-19-28(35)32(17-27(31)34)18-29(36)37/h8-12,15-16H,4-7,13-14,17-21H2,1-3H3,(H2,31,34)(H,36,37). The van der Waals surface area contributed by atoms with E-state index in [9.17, 15) is 22.8 Å². The molecule has 2 amide bonds. The molecule has 1 heterocycles. The Kier molecular flexibility index (Phi) is 11.7. The Balaban J connectivity index is 2.10. The van der Waals surface area contributed by atoms with E-state index in [1.807, 2.05) is 36.6 Å². The fraction of sp³-hybridized carbons (Fsp3) is 0.500. The summed E-state index contributed by atoms with van der Waals surface area (Å²) >= 11 is 1.34. The van der Waals surface area contributed by atoms with E-state index < -0.39 is 52.7 Å². The number of carboxylic acid groups (broad SMARTS) is 1. The van der Waals surface area contributed by atoms with Crippen LogP contribution in [0.2, 0.25) is 0 Å². The fourth-order valence-corrected chi connectivity index (χ4v) is 8.06. The third-order valence-corrected chi connectivity index (χ3v) is 10.2. The number of sulfone groups is 1. The number of ether oxygens (including phenoxy) is 1. The van der Waals surface area contributed by atoms with Crippen LogP contribution in [0.1, 0.15) is 52.4 Å². The van der Waals surface area contributed by atoms with Crippen molar-refractivity contribution in [2.24, 2.45) is 11.1 Å². The second kappa shape index (κ2) is 14.8. The predicted octanol–water partition coefficient (Wildman–Crippen LogP) is 4.48. The van der Waals surface area contributed by atoms with Gasteiger partial charge in [0.2, 0.25) is 5.91 Å². The van der Waals surface area contributed by atoms with Crippen LogP contribution >= 0.6 is 11.8 Å². The van der Waals surface area contributed by atoms with Gasteiger partial charge in [0.25, 0.3) is 5.91 Å². The van der Waals surface area contributed by atoms with Crippen molar-refractivity contribution in [2.45, 2.75) is 62.2 Å². The van der Waals surface area contributed by atoms with Crippen molar-refractivity contribution in [3.05, 3.63) is 42.5 Å². The summed E-state index contributed by atoms with van der Waals surface area (Å²) in [4.78, 5) is 39.0. The number of carboxylic acids is 1. The van der Waals surface area contributed by atoms with Crippen molar-refractivity contribution in [1.82, 2.24) is 4.90 Å². The largest absolute Gasteiger partial charge is 0.483 e. The van der Waals surface area contributed by atoms with Crippen LogP contribution in [0, 0.1) is 5.41 Å².